The number of benzene rings is 2. The Bertz CT molecular complexity index is 606. The zero-order chi connectivity index (χ0) is 15.9. The smallest absolute Gasteiger partial charge is 0.118 e. The highest BCUT2D eigenvalue weighted by atomic mass is 32.1. The van der Waals surface area contributed by atoms with Gasteiger partial charge in [-0.2, -0.15) is 0 Å². The van der Waals surface area contributed by atoms with Crippen molar-refractivity contribution in [1.82, 2.24) is 5.32 Å². The second kappa shape index (κ2) is 7.80. The van der Waals surface area contributed by atoms with Crippen molar-refractivity contribution in [1.29, 1.82) is 0 Å². The van der Waals surface area contributed by atoms with Gasteiger partial charge >= 0.3 is 0 Å². The van der Waals surface area contributed by atoms with Crippen LogP contribution in [0.4, 0.5) is 5.69 Å². The van der Waals surface area contributed by atoms with E-state index in [0.717, 1.165) is 29.3 Å². The van der Waals surface area contributed by atoms with Crippen molar-refractivity contribution in [3.8, 4) is 5.75 Å². The largest absolute Gasteiger partial charge is 0.497 e. The van der Waals surface area contributed by atoms with Crippen molar-refractivity contribution in [2.45, 2.75) is 6.42 Å². The van der Waals surface area contributed by atoms with Crippen molar-refractivity contribution >= 4 is 22.9 Å². The Morgan fingerprint density at radius 3 is 2.23 bits per heavy atom. The number of hydrogen-bond acceptors (Lipinski definition) is 3. The number of methoxy groups -OCH3 is 1. The Hall–Kier alpha value is -2.07. The van der Waals surface area contributed by atoms with Gasteiger partial charge in [0.25, 0.3) is 0 Å². The quantitative estimate of drug-likeness (QED) is 0.827. The number of thiocarbonyl (C=S) groups is 1. The van der Waals surface area contributed by atoms with Crippen LogP contribution >= 0.6 is 12.2 Å². The molecule has 1 N–H and O–H groups in total. The molecule has 0 unspecified atom stereocenters. The van der Waals surface area contributed by atoms with Crippen LogP contribution in [0.2, 0.25) is 0 Å². The maximum absolute atomic E-state index is 5.44. The summed E-state index contributed by atoms with van der Waals surface area (Å²) >= 11 is 5.44. The number of rotatable bonds is 6. The van der Waals surface area contributed by atoms with E-state index in [1.807, 2.05) is 26.2 Å². The molecule has 0 atom stereocenters. The van der Waals surface area contributed by atoms with Gasteiger partial charge in [-0.3, -0.25) is 0 Å². The second-order valence-electron chi connectivity index (χ2n) is 5.30. The van der Waals surface area contributed by atoms with Crippen molar-refractivity contribution < 1.29 is 4.74 Å². The normalized spacial score (nSPS) is 10.1. The zero-order valence-corrected chi connectivity index (χ0v) is 14.1. The molecular formula is C18H22N2OS. The van der Waals surface area contributed by atoms with Gasteiger partial charge in [0.1, 0.15) is 10.7 Å². The monoisotopic (exact) mass is 314 g/mol. The maximum atomic E-state index is 5.44. The van der Waals surface area contributed by atoms with Crippen LogP contribution in [0, 0.1) is 0 Å². The number of hydrogen-bond donors (Lipinski definition) is 1. The van der Waals surface area contributed by atoms with E-state index < -0.39 is 0 Å². The molecule has 0 aliphatic heterocycles. The molecule has 0 fully saturated rings. The molecule has 22 heavy (non-hydrogen) atoms. The lowest BCUT2D eigenvalue weighted by atomic mass is 10.1. The molecule has 0 radical (unpaired) electrons. The molecule has 0 saturated carbocycles. The molecule has 0 aromatic heterocycles. The van der Waals surface area contributed by atoms with Crippen LogP contribution in [-0.2, 0) is 6.42 Å². The molecule has 116 valence electrons. The maximum Gasteiger partial charge on any atom is 0.118 e. The van der Waals surface area contributed by atoms with Crippen molar-refractivity contribution in [3.05, 3.63) is 59.7 Å². The molecule has 4 heteroatoms. The minimum absolute atomic E-state index is 0.791. The van der Waals surface area contributed by atoms with Gasteiger partial charge in [0.05, 0.1) is 7.11 Å². The molecule has 0 heterocycles. The fourth-order valence-corrected chi connectivity index (χ4v) is 2.36. The van der Waals surface area contributed by atoms with E-state index in [-0.39, 0.29) is 0 Å². The van der Waals surface area contributed by atoms with Gasteiger partial charge in [-0.1, -0.05) is 24.4 Å². The molecular weight excluding hydrogens is 292 g/mol. The fourth-order valence-electron chi connectivity index (χ4n) is 2.13. The van der Waals surface area contributed by atoms with E-state index in [2.05, 4.69) is 46.6 Å². The molecule has 0 spiro atoms. The lowest BCUT2D eigenvalue weighted by molar-refractivity contribution is 0.414. The molecule has 2 aromatic rings. The predicted molar refractivity (Wildman–Crippen MR) is 97.2 cm³/mol. The minimum Gasteiger partial charge on any atom is -0.497 e. The van der Waals surface area contributed by atoms with Gasteiger partial charge in [0.2, 0.25) is 0 Å². The summed E-state index contributed by atoms with van der Waals surface area (Å²) < 4.78 is 5.16. The highest BCUT2D eigenvalue weighted by Gasteiger charge is 2.02. The van der Waals surface area contributed by atoms with E-state index in [4.69, 9.17) is 17.0 Å². The second-order valence-corrected chi connectivity index (χ2v) is 5.70. The first-order valence-corrected chi connectivity index (χ1v) is 7.69. The van der Waals surface area contributed by atoms with E-state index >= 15 is 0 Å². The third-order valence-corrected chi connectivity index (χ3v) is 3.88. The van der Waals surface area contributed by atoms with Crippen LogP contribution in [0.25, 0.3) is 0 Å². The van der Waals surface area contributed by atoms with E-state index in [1.165, 1.54) is 11.3 Å². The van der Waals surface area contributed by atoms with Crippen LogP contribution in [-0.4, -0.2) is 32.7 Å². The topological polar surface area (TPSA) is 24.5 Å². The van der Waals surface area contributed by atoms with Gasteiger partial charge in [-0.15, -0.1) is 0 Å². The fraction of sp³-hybridized carbons (Fsp3) is 0.278. The molecule has 0 aliphatic carbocycles. The van der Waals surface area contributed by atoms with Crippen molar-refractivity contribution in [2.75, 3.05) is 32.6 Å². The van der Waals surface area contributed by atoms with Crippen molar-refractivity contribution in [3.63, 3.8) is 0 Å². The van der Waals surface area contributed by atoms with Crippen LogP contribution in [0.5, 0.6) is 5.75 Å². The summed E-state index contributed by atoms with van der Waals surface area (Å²) in [5, 5.41) is 3.31. The summed E-state index contributed by atoms with van der Waals surface area (Å²) in [7, 11) is 5.73. The van der Waals surface area contributed by atoms with E-state index in [0.29, 0.717) is 0 Å². The highest BCUT2D eigenvalue weighted by molar-refractivity contribution is 7.80. The molecule has 3 nitrogen and oxygen atoms in total. The third-order valence-electron chi connectivity index (χ3n) is 3.50. The molecule has 0 saturated heterocycles. The van der Waals surface area contributed by atoms with E-state index in [1.54, 1.807) is 7.11 Å². The first-order chi connectivity index (χ1) is 10.6. The molecule has 0 amide bonds. The number of ether oxygens (including phenoxy) is 1. The number of nitrogens with one attached hydrogen (secondary N) is 1. The minimum atomic E-state index is 0.791. The van der Waals surface area contributed by atoms with Gasteiger partial charge in [-0.05, 0) is 48.4 Å². The average Bonchev–Trinajstić information content (AvgIpc) is 2.55. The summed E-state index contributed by atoms with van der Waals surface area (Å²) in [5.41, 5.74) is 3.49. The SMILES string of the molecule is COc1ccc(CCNC(=S)c2ccc(N(C)C)cc2)cc1. The summed E-state index contributed by atoms with van der Waals surface area (Å²) in [6.45, 7) is 0.820. The first-order valence-electron chi connectivity index (χ1n) is 7.28. The predicted octanol–water partition coefficient (Wildman–Crippen LogP) is 3.27. The summed E-state index contributed by atoms with van der Waals surface area (Å²) in [4.78, 5) is 2.86. The van der Waals surface area contributed by atoms with E-state index in [9.17, 15) is 0 Å². The third kappa shape index (κ3) is 4.46. The molecule has 0 aliphatic rings. The van der Waals surface area contributed by atoms with Crippen LogP contribution in [0.1, 0.15) is 11.1 Å². The Morgan fingerprint density at radius 2 is 1.68 bits per heavy atom. The average molecular weight is 314 g/mol. The van der Waals surface area contributed by atoms with Crippen LogP contribution in [0.15, 0.2) is 48.5 Å². The van der Waals surface area contributed by atoms with Gasteiger partial charge in [0, 0.05) is 31.9 Å². The Labute approximate surface area is 137 Å². The lowest BCUT2D eigenvalue weighted by Crippen LogP contribution is -2.24. The number of anilines is 1. The van der Waals surface area contributed by atoms with Crippen LogP contribution in [0.3, 0.4) is 0 Å². The van der Waals surface area contributed by atoms with Gasteiger partial charge < -0.3 is 15.0 Å². The molecule has 0 bridgehead atoms. The standard InChI is InChI=1S/C18H22N2OS/c1-20(2)16-8-6-15(7-9-16)18(22)19-13-12-14-4-10-17(21-3)11-5-14/h4-11H,12-13H2,1-3H3,(H,19,22). The van der Waals surface area contributed by atoms with Gasteiger partial charge in [-0.25, -0.2) is 0 Å². The molecule has 2 rings (SSSR count). The summed E-state index contributed by atoms with van der Waals surface area (Å²) in [6, 6.07) is 16.4. The molecule has 2 aromatic carbocycles. The first kappa shape index (κ1) is 16.3. The summed E-state index contributed by atoms with van der Waals surface area (Å²) in [6.07, 6.45) is 0.930. The lowest BCUT2D eigenvalue weighted by Gasteiger charge is -2.13. The summed E-state index contributed by atoms with van der Waals surface area (Å²) in [5.74, 6) is 0.883. The van der Waals surface area contributed by atoms with Crippen molar-refractivity contribution in [2.24, 2.45) is 0 Å². The Morgan fingerprint density at radius 1 is 1.05 bits per heavy atom. The van der Waals surface area contributed by atoms with Gasteiger partial charge in [0.15, 0.2) is 0 Å². The Kier molecular flexibility index (Phi) is 5.78. The Balaban J connectivity index is 1.84. The van der Waals surface area contributed by atoms with Crippen LogP contribution < -0.4 is 15.0 Å². The number of nitrogens with zero attached hydrogens (tertiary/aromatic N) is 1. The highest BCUT2D eigenvalue weighted by Crippen LogP contribution is 2.13. The zero-order valence-electron chi connectivity index (χ0n) is 13.3.